The Hall–Kier alpha value is -0.570. The molecule has 2 fully saturated rings. The Bertz CT molecular complexity index is 234. The van der Waals surface area contributed by atoms with Gasteiger partial charge in [-0.05, 0) is 24.7 Å². The summed E-state index contributed by atoms with van der Waals surface area (Å²) in [4.78, 5) is 13.8. The van der Waals surface area contributed by atoms with E-state index in [0.29, 0.717) is 17.9 Å². The van der Waals surface area contributed by atoms with E-state index in [-0.39, 0.29) is 0 Å². The van der Waals surface area contributed by atoms with Crippen LogP contribution in [-0.2, 0) is 4.79 Å². The standard InChI is InChI=1S/C12H22N2O/c1-2-12(5-3-4-6-12)10-14-8-7-13-9-11(14)15/h13H,2-10H2,1H3. The van der Waals surface area contributed by atoms with Gasteiger partial charge in [0.1, 0.15) is 0 Å². The van der Waals surface area contributed by atoms with Crippen molar-refractivity contribution in [2.45, 2.75) is 39.0 Å². The smallest absolute Gasteiger partial charge is 0.236 e. The van der Waals surface area contributed by atoms with Crippen LogP contribution in [0.2, 0.25) is 0 Å². The fourth-order valence-corrected chi connectivity index (χ4v) is 2.97. The molecule has 0 aromatic rings. The highest BCUT2D eigenvalue weighted by molar-refractivity contribution is 5.79. The Kier molecular flexibility index (Phi) is 3.29. The monoisotopic (exact) mass is 210 g/mol. The summed E-state index contributed by atoms with van der Waals surface area (Å²) in [6, 6.07) is 0. The van der Waals surface area contributed by atoms with Crippen molar-refractivity contribution >= 4 is 5.91 Å². The van der Waals surface area contributed by atoms with Gasteiger partial charge in [0, 0.05) is 19.6 Å². The van der Waals surface area contributed by atoms with Crippen molar-refractivity contribution in [3.05, 3.63) is 0 Å². The molecule has 0 radical (unpaired) electrons. The van der Waals surface area contributed by atoms with Gasteiger partial charge in [-0.3, -0.25) is 4.79 Å². The number of hydrogen-bond donors (Lipinski definition) is 1. The highest BCUT2D eigenvalue weighted by Gasteiger charge is 2.35. The first-order valence-electron chi connectivity index (χ1n) is 6.24. The number of hydrogen-bond acceptors (Lipinski definition) is 2. The van der Waals surface area contributed by atoms with Crippen molar-refractivity contribution in [3.63, 3.8) is 0 Å². The van der Waals surface area contributed by atoms with Crippen molar-refractivity contribution in [2.75, 3.05) is 26.2 Å². The summed E-state index contributed by atoms with van der Waals surface area (Å²) in [5.41, 5.74) is 0.451. The molecule has 0 bridgehead atoms. The van der Waals surface area contributed by atoms with Gasteiger partial charge in [-0.15, -0.1) is 0 Å². The van der Waals surface area contributed by atoms with Crippen LogP contribution in [0.1, 0.15) is 39.0 Å². The second-order valence-electron chi connectivity index (χ2n) is 5.05. The van der Waals surface area contributed by atoms with Crippen molar-refractivity contribution in [1.82, 2.24) is 10.2 Å². The van der Waals surface area contributed by atoms with E-state index in [0.717, 1.165) is 19.6 Å². The van der Waals surface area contributed by atoms with Crippen molar-refractivity contribution in [1.29, 1.82) is 0 Å². The number of piperazine rings is 1. The molecule has 0 aromatic heterocycles. The van der Waals surface area contributed by atoms with Crippen LogP contribution in [0.25, 0.3) is 0 Å². The van der Waals surface area contributed by atoms with Gasteiger partial charge in [0.15, 0.2) is 0 Å². The maximum Gasteiger partial charge on any atom is 0.236 e. The highest BCUT2D eigenvalue weighted by atomic mass is 16.2. The SMILES string of the molecule is CCC1(CN2CCNCC2=O)CCCC1. The summed E-state index contributed by atoms with van der Waals surface area (Å²) < 4.78 is 0. The zero-order valence-corrected chi connectivity index (χ0v) is 9.72. The number of carbonyl (C=O) groups excluding carboxylic acids is 1. The summed E-state index contributed by atoms with van der Waals surface area (Å²) in [5, 5.41) is 3.13. The molecule has 1 N–H and O–H groups in total. The molecule has 3 heteroatoms. The van der Waals surface area contributed by atoms with Crippen LogP contribution in [-0.4, -0.2) is 37.0 Å². The first-order valence-corrected chi connectivity index (χ1v) is 6.24. The molecule has 1 heterocycles. The van der Waals surface area contributed by atoms with Gasteiger partial charge in [0.2, 0.25) is 5.91 Å². The molecule has 1 saturated heterocycles. The lowest BCUT2D eigenvalue weighted by Gasteiger charge is -2.36. The lowest BCUT2D eigenvalue weighted by Crippen LogP contribution is -2.51. The van der Waals surface area contributed by atoms with Gasteiger partial charge < -0.3 is 10.2 Å². The van der Waals surface area contributed by atoms with Gasteiger partial charge in [0.05, 0.1) is 6.54 Å². The van der Waals surface area contributed by atoms with Gasteiger partial charge in [-0.25, -0.2) is 0 Å². The molecule has 1 aliphatic carbocycles. The zero-order valence-electron chi connectivity index (χ0n) is 9.72. The Balaban J connectivity index is 1.96. The third-order valence-electron chi connectivity index (χ3n) is 4.13. The van der Waals surface area contributed by atoms with E-state index >= 15 is 0 Å². The summed E-state index contributed by atoms with van der Waals surface area (Å²) in [7, 11) is 0. The Morgan fingerprint density at radius 3 is 2.73 bits per heavy atom. The minimum Gasteiger partial charge on any atom is -0.340 e. The van der Waals surface area contributed by atoms with E-state index in [2.05, 4.69) is 17.1 Å². The zero-order chi connectivity index (χ0) is 10.7. The van der Waals surface area contributed by atoms with Crippen LogP contribution in [0.3, 0.4) is 0 Å². The van der Waals surface area contributed by atoms with Crippen molar-refractivity contribution < 1.29 is 4.79 Å². The quantitative estimate of drug-likeness (QED) is 0.763. The summed E-state index contributed by atoms with van der Waals surface area (Å²) in [6.07, 6.45) is 6.58. The average molecular weight is 210 g/mol. The molecule has 0 spiro atoms. The highest BCUT2D eigenvalue weighted by Crippen LogP contribution is 2.41. The maximum absolute atomic E-state index is 11.7. The summed E-state index contributed by atoms with van der Waals surface area (Å²) >= 11 is 0. The van der Waals surface area contributed by atoms with E-state index in [1.165, 1.54) is 32.1 Å². The number of nitrogens with zero attached hydrogens (tertiary/aromatic N) is 1. The van der Waals surface area contributed by atoms with Crippen LogP contribution < -0.4 is 5.32 Å². The summed E-state index contributed by atoms with van der Waals surface area (Å²) in [5.74, 6) is 0.293. The van der Waals surface area contributed by atoms with Crippen LogP contribution in [0.4, 0.5) is 0 Å². The van der Waals surface area contributed by atoms with Gasteiger partial charge in [-0.1, -0.05) is 19.8 Å². The average Bonchev–Trinajstić information content (AvgIpc) is 2.71. The number of rotatable bonds is 3. The molecule has 0 atom stereocenters. The van der Waals surface area contributed by atoms with Crippen LogP contribution in [0.15, 0.2) is 0 Å². The molecule has 1 amide bonds. The van der Waals surface area contributed by atoms with E-state index in [1.807, 2.05) is 0 Å². The number of carbonyl (C=O) groups is 1. The van der Waals surface area contributed by atoms with E-state index < -0.39 is 0 Å². The summed E-state index contributed by atoms with van der Waals surface area (Å²) in [6.45, 7) is 5.69. The molecular formula is C12H22N2O. The third kappa shape index (κ3) is 2.33. The number of amides is 1. The van der Waals surface area contributed by atoms with E-state index in [1.54, 1.807) is 0 Å². The fourth-order valence-electron chi connectivity index (χ4n) is 2.97. The van der Waals surface area contributed by atoms with E-state index in [9.17, 15) is 4.79 Å². The molecule has 1 saturated carbocycles. The van der Waals surface area contributed by atoms with Crippen LogP contribution in [0.5, 0.6) is 0 Å². The second-order valence-corrected chi connectivity index (χ2v) is 5.05. The van der Waals surface area contributed by atoms with Crippen molar-refractivity contribution in [2.24, 2.45) is 5.41 Å². The van der Waals surface area contributed by atoms with Gasteiger partial charge >= 0.3 is 0 Å². The molecule has 0 aromatic carbocycles. The minimum absolute atomic E-state index is 0.293. The maximum atomic E-state index is 11.7. The molecule has 2 aliphatic rings. The predicted octanol–water partition coefficient (Wildman–Crippen LogP) is 1.39. The van der Waals surface area contributed by atoms with Gasteiger partial charge in [-0.2, -0.15) is 0 Å². The molecular weight excluding hydrogens is 188 g/mol. The molecule has 1 aliphatic heterocycles. The largest absolute Gasteiger partial charge is 0.340 e. The van der Waals surface area contributed by atoms with Crippen molar-refractivity contribution in [3.8, 4) is 0 Å². The van der Waals surface area contributed by atoms with Crippen LogP contribution in [0, 0.1) is 5.41 Å². The Morgan fingerprint density at radius 1 is 1.40 bits per heavy atom. The van der Waals surface area contributed by atoms with Crippen LogP contribution >= 0.6 is 0 Å². The molecule has 15 heavy (non-hydrogen) atoms. The predicted molar refractivity (Wildman–Crippen MR) is 60.6 cm³/mol. The first-order chi connectivity index (χ1) is 7.26. The molecule has 0 unspecified atom stereocenters. The third-order valence-corrected chi connectivity index (χ3v) is 4.13. The van der Waals surface area contributed by atoms with Gasteiger partial charge in [0.25, 0.3) is 0 Å². The lowest BCUT2D eigenvalue weighted by molar-refractivity contribution is -0.133. The fraction of sp³-hybridized carbons (Fsp3) is 0.917. The topological polar surface area (TPSA) is 32.3 Å². The Morgan fingerprint density at radius 2 is 2.13 bits per heavy atom. The second kappa shape index (κ2) is 4.52. The molecule has 86 valence electrons. The van der Waals surface area contributed by atoms with E-state index in [4.69, 9.17) is 0 Å². The molecule has 2 rings (SSSR count). The minimum atomic E-state index is 0.293. The molecule has 3 nitrogen and oxygen atoms in total. The lowest BCUT2D eigenvalue weighted by atomic mass is 9.82. The Labute approximate surface area is 92.2 Å². The normalized spacial score (nSPS) is 25.9. The number of nitrogens with one attached hydrogen (secondary N) is 1. The first kappa shape index (κ1) is 10.9.